The van der Waals surface area contributed by atoms with E-state index in [2.05, 4.69) is 32.7 Å². The number of rotatable bonds is 4. The van der Waals surface area contributed by atoms with Gasteiger partial charge in [0.2, 0.25) is 0 Å². The van der Waals surface area contributed by atoms with Crippen LogP contribution in [0.1, 0.15) is 50.4 Å². The third-order valence-corrected chi connectivity index (χ3v) is 3.85. The molecule has 0 saturated carbocycles. The first-order valence-corrected chi connectivity index (χ1v) is 7.30. The second-order valence-corrected chi connectivity index (χ2v) is 5.83. The Morgan fingerprint density at radius 1 is 1.36 bits per heavy atom. The summed E-state index contributed by atoms with van der Waals surface area (Å²) in [7, 11) is 0. The van der Waals surface area contributed by atoms with E-state index in [1.54, 1.807) is 18.6 Å². The molecule has 0 fully saturated rings. The lowest BCUT2D eigenvalue weighted by atomic mass is 9.91. The van der Waals surface area contributed by atoms with Crippen molar-refractivity contribution in [3.63, 3.8) is 0 Å². The van der Waals surface area contributed by atoms with E-state index in [9.17, 15) is 4.39 Å². The van der Waals surface area contributed by atoms with Crippen LogP contribution in [0.25, 0.3) is 5.57 Å². The number of hydrogen-bond donors (Lipinski definition) is 0. The normalized spacial score (nSPS) is 12.2. The van der Waals surface area contributed by atoms with Crippen LogP contribution in [0.15, 0.2) is 36.3 Å². The predicted octanol–water partition coefficient (Wildman–Crippen LogP) is 4.51. The summed E-state index contributed by atoms with van der Waals surface area (Å²) in [5.74, 6) is 0.0538. The number of nitriles is 1. The fraction of sp³-hybridized carbons (Fsp3) is 0.333. The molecule has 2 rings (SSSR count). The maximum absolute atomic E-state index is 13.5. The maximum Gasteiger partial charge on any atom is 0.158 e. The topological polar surface area (TPSA) is 41.6 Å². The van der Waals surface area contributed by atoms with Crippen LogP contribution < -0.4 is 0 Å². The molecule has 0 spiro atoms. The minimum atomic E-state index is -0.203. The van der Waals surface area contributed by atoms with Crippen molar-refractivity contribution >= 4 is 5.57 Å². The van der Waals surface area contributed by atoms with Crippen LogP contribution in [-0.4, -0.2) is 9.55 Å². The van der Waals surface area contributed by atoms with Crippen LogP contribution in [-0.2, 0) is 6.54 Å². The molecular formula is C18H20FN3. The molecule has 0 aliphatic heterocycles. The number of nitrogens with zero attached hydrogens (tertiary/aromatic N) is 3. The summed E-state index contributed by atoms with van der Waals surface area (Å²) in [6.07, 6.45) is 3.38. The molecule has 2 aromatic rings. The molecule has 1 aromatic heterocycles. The van der Waals surface area contributed by atoms with Crippen molar-refractivity contribution < 1.29 is 4.39 Å². The van der Waals surface area contributed by atoms with E-state index in [0.717, 1.165) is 22.3 Å². The third kappa shape index (κ3) is 3.43. The minimum absolute atomic E-state index is 0.203. The van der Waals surface area contributed by atoms with Crippen molar-refractivity contribution in [2.45, 2.75) is 40.2 Å². The molecule has 1 aromatic carbocycles. The van der Waals surface area contributed by atoms with E-state index in [-0.39, 0.29) is 11.7 Å². The highest BCUT2D eigenvalue weighted by Gasteiger charge is 2.11. The van der Waals surface area contributed by atoms with Gasteiger partial charge in [-0.2, -0.15) is 5.26 Å². The highest BCUT2D eigenvalue weighted by atomic mass is 19.1. The highest BCUT2D eigenvalue weighted by molar-refractivity contribution is 5.69. The van der Waals surface area contributed by atoms with Crippen molar-refractivity contribution in [1.29, 1.82) is 5.26 Å². The van der Waals surface area contributed by atoms with Gasteiger partial charge in [0.15, 0.2) is 5.69 Å². The molecule has 0 aliphatic rings. The van der Waals surface area contributed by atoms with Crippen LogP contribution in [0.3, 0.4) is 0 Å². The highest BCUT2D eigenvalue weighted by Crippen LogP contribution is 2.28. The van der Waals surface area contributed by atoms with Crippen molar-refractivity contribution in [1.82, 2.24) is 9.55 Å². The third-order valence-electron chi connectivity index (χ3n) is 3.85. The zero-order valence-electron chi connectivity index (χ0n) is 13.4. The first-order valence-electron chi connectivity index (χ1n) is 7.30. The fourth-order valence-corrected chi connectivity index (χ4v) is 2.48. The Labute approximate surface area is 130 Å². The average Bonchev–Trinajstić information content (AvgIpc) is 2.94. The van der Waals surface area contributed by atoms with Crippen LogP contribution in [0.2, 0.25) is 0 Å². The van der Waals surface area contributed by atoms with E-state index in [0.29, 0.717) is 12.2 Å². The van der Waals surface area contributed by atoms with E-state index >= 15 is 0 Å². The molecule has 0 N–H and O–H groups in total. The standard InChI is InChI=1S/C18H20FN3/c1-12(2)18-7-15(19)5-6-17(18)14(4)13(3)9-22-10-16(8-20)21-11-22/h5-7,10-12H,9H2,1-4H3/b14-13-. The smallest absolute Gasteiger partial charge is 0.158 e. The number of halogens is 1. The Balaban J connectivity index is 2.36. The first-order chi connectivity index (χ1) is 10.4. The monoisotopic (exact) mass is 297 g/mol. The minimum Gasteiger partial charge on any atom is -0.332 e. The molecule has 4 heteroatoms. The lowest BCUT2D eigenvalue weighted by Crippen LogP contribution is -2.01. The van der Waals surface area contributed by atoms with Gasteiger partial charge in [-0.15, -0.1) is 0 Å². The van der Waals surface area contributed by atoms with Crippen molar-refractivity contribution in [2.75, 3.05) is 0 Å². The SMILES string of the molecule is C/C(Cn1cnc(C#N)c1)=C(\C)c1ccc(F)cc1C(C)C. The van der Waals surface area contributed by atoms with Gasteiger partial charge in [-0.05, 0) is 48.6 Å². The Morgan fingerprint density at radius 3 is 2.68 bits per heavy atom. The Hall–Kier alpha value is -2.41. The Kier molecular flexibility index (Phi) is 4.77. The molecule has 0 radical (unpaired) electrons. The van der Waals surface area contributed by atoms with Crippen molar-refractivity contribution in [3.05, 3.63) is 58.9 Å². The molecular weight excluding hydrogens is 277 g/mol. The number of allylic oxidation sites excluding steroid dienone is 2. The van der Waals surface area contributed by atoms with E-state index in [4.69, 9.17) is 5.26 Å². The Morgan fingerprint density at radius 2 is 2.09 bits per heavy atom. The van der Waals surface area contributed by atoms with Crippen LogP contribution in [0.5, 0.6) is 0 Å². The molecule has 1 heterocycles. The molecule has 114 valence electrons. The van der Waals surface area contributed by atoms with E-state index in [1.807, 2.05) is 16.7 Å². The lowest BCUT2D eigenvalue weighted by Gasteiger charge is -2.16. The zero-order chi connectivity index (χ0) is 16.3. The number of hydrogen-bond acceptors (Lipinski definition) is 2. The quantitative estimate of drug-likeness (QED) is 0.833. The van der Waals surface area contributed by atoms with Crippen LogP contribution in [0.4, 0.5) is 4.39 Å². The summed E-state index contributed by atoms with van der Waals surface area (Å²) in [5, 5.41) is 8.82. The maximum atomic E-state index is 13.5. The van der Waals surface area contributed by atoms with Gasteiger partial charge >= 0.3 is 0 Å². The summed E-state index contributed by atoms with van der Waals surface area (Å²) in [4.78, 5) is 4.01. The van der Waals surface area contributed by atoms with Crippen LogP contribution in [0, 0.1) is 17.1 Å². The predicted molar refractivity (Wildman–Crippen MR) is 85.7 cm³/mol. The molecule has 0 bridgehead atoms. The summed E-state index contributed by atoms with van der Waals surface area (Å²) in [6, 6.07) is 6.98. The van der Waals surface area contributed by atoms with Crippen molar-refractivity contribution in [3.8, 4) is 6.07 Å². The van der Waals surface area contributed by atoms with Gasteiger partial charge in [0.05, 0.1) is 6.33 Å². The molecule has 0 amide bonds. The van der Waals surface area contributed by atoms with Crippen molar-refractivity contribution in [2.24, 2.45) is 0 Å². The van der Waals surface area contributed by atoms with Gasteiger partial charge in [-0.3, -0.25) is 0 Å². The molecule has 0 aliphatic carbocycles. The molecule has 0 unspecified atom stereocenters. The number of aromatic nitrogens is 2. The molecule has 0 atom stereocenters. The summed E-state index contributed by atoms with van der Waals surface area (Å²) in [6.45, 7) is 8.90. The van der Waals surface area contributed by atoms with Gasteiger partial charge in [0.25, 0.3) is 0 Å². The fourth-order valence-electron chi connectivity index (χ4n) is 2.48. The van der Waals surface area contributed by atoms with Gasteiger partial charge < -0.3 is 4.57 Å². The van der Waals surface area contributed by atoms with Gasteiger partial charge in [0.1, 0.15) is 11.9 Å². The summed E-state index contributed by atoms with van der Waals surface area (Å²) >= 11 is 0. The van der Waals surface area contributed by atoms with E-state index < -0.39 is 0 Å². The van der Waals surface area contributed by atoms with Gasteiger partial charge in [-0.1, -0.05) is 25.5 Å². The number of benzene rings is 1. The van der Waals surface area contributed by atoms with Gasteiger partial charge in [0, 0.05) is 12.7 Å². The van der Waals surface area contributed by atoms with E-state index in [1.165, 1.54) is 6.07 Å². The lowest BCUT2D eigenvalue weighted by molar-refractivity contribution is 0.623. The zero-order valence-corrected chi connectivity index (χ0v) is 13.4. The average molecular weight is 297 g/mol. The summed E-state index contributed by atoms with van der Waals surface area (Å²) in [5.41, 5.74) is 4.80. The molecule has 22 heavy (non-hydrogen) atoms. The first kappa shape index (κ1) is 16.0. The Bertz CT molecular complexity index is 748. The number of imidazole rings is 1. The second kappa shape index (κ2) is 6.57. The molecule has 0 saturated heterocycles. The van der Waals surface area contributed by atoms with Gasteiger partial charge in [-0.25, -0.2) is 9.37 Å². The second-order valence-electron chi connectivity index (χ2n) is 5.83. The summed E-state index contributed by atoms with van der Waals surface area (Å²) < 4.78 is 15.4. The molecule has 3 nitrogen and oxygen atoms in total. The largest absolute Gasteiger partial charge is 0.332 e. The van der Waals surface area contributed by atoms with Crippen LogP contribution >= 0.6 is 0 Å².